The van der Waals surface area contributed by atoms with Crippen molar-refractivity contribution in [3.63, 3.8) is 0 Å². The van der Waals surface area contributed by atoms with Gasteiger partial charge in [-0.25, -0.2) is 0 Å². The Hall–Kier alpha value is -0.670. The third kappa shape index (κ3) is 3.46. The maximum atomic E-state index is 12.3. The van der Waals surface area contributed by atoms with Gasteiger partial charge in [-0.15, -0.1) is 0 Å². The van der Waals surface area contributed by atoms with E-state index in [-0.39, 0.29) is 0 Å². The van der Waals surface area contributed by atoms with Crippen LogP contribution in [0.2, 0.25) is 0 Å². The summed E-state index contributed by atoms with van der Waals surface area (Å²) in [4.78, 5) is 1.04. The summed E-state index contributed by atoms with van der Waals surface area (Å²) in [5, 5.41) is 3.63. The number of hydrogen-bond donors (Lipinski definition) is 1. The van der Waals surface area contributed by atoms with Gasteiger partial charge in [0, 0.05) is 22.7 Å². The summed E-state index contributed by atoms with van der Waals surface area (Å²) in [7, 11) is -0.830. The van der Waals surface area contributed by atoms with Gasteiger partial charge in [-0.2, -0.15) is 0 Å². The molecule has 0 fully saturated rings. The van der Waals surface area contributed by atoms with E-state index in [1.807, 2.05) is 0 Å². The molecule has 2 rings (SSSR count). The Balaban J connectivity index is 2.44. The molecule has 0 spiro atoms. The highest BCUT2D eigenvalue weighted by Gasteiger charge is 2.23. The van der Waals surface area contributed by atoms with Crippen molar-refractivity contribution in [2.45, 2.75) is 63.4 Å². The summed E-state index contributed by atoms with van der Waals surface area (Å²) in [5.74, 6) is 1.31. The van der Waals surface area contributed by atoms with Crippen LogP contribution in [0, 0.1) is 0 Å². The van der Waals surface area contributed by atoms with Gasteiger partial charge < -0.3 is 5.32 Å². The van der Waals surface area contributed by atoms with Gasteiger partial charge in [-0.3, -0.25) is 4.21 Å². The van der Waals surface area contributed by atoms with E-state index in [1.54, 1.807) is 0 Å². The van der Waals surface area contributed by atoms with E-state index in [0.29, 0.717) is 18.0 Å². The Kier molecular flexibility index (Phi) is 4.80. The van der Waals surface area contributed by atoms with Gasteiger partial charge in [0.05, 0.1) is 10.8 Å². The molecule has 0 aliphatic carbocycles. The van der Waals surface area contributed by atoms with Gasteiger partial charge in [0.2, 0.25) is 0 Å². The molecule has 2 unspecified atom stereocenters. The molecular formula is C16H25NOS. The van der Waals surface area contributed by atoms with Gasteiger partial charge in [-0.1, -0.05) is 39.8 Å². The molecule has 0 radical (unpaired) electrons. The summed E-state index contributed by atoms with van der Waals surface area (Å²) in [6.45, 7) is 8.77. The predicted molar refractivity (Wildman–Crippen MR) is 82.1 cm³/mol. The van der Waals surface area contributed by atoms with E-state index in [0.717, 1.165) is 23.5 Å². The van der Waals surface area contributed by atoms with Crippen molar-refractivity contribution < 1.29 is 4.21 Å². The Morgan fingerprint density at radius 3 is 2.63 bits per heavy atom. The van der Waals surface area contributed by atoms with E-state index in [2.05, 4.69) is 51.2 Å². The molecular weight excluding hydrogens is 254 g/mol. The van der Waals surface area contributed by atoms with E-state index in [4.69, 9.17) is 0 Å². The second-order valence-corrected chi connectivity index (χ2v) is 7.56. The minimum atomic E-state index is -0.830. The second kappa shape index (κ2) is 6.19. The summed E-state index contributed by atoms with van der Waals surface area (Å²) >= 11 is 0. The lowest BCUT2D eigenvalue weighted by Crippen LogP contribution is -2.28. The van der Waals surface area contributed by atoms with Crippen molar-refractivity contribution in [3.8, 4) is 0 Å². The number of hydrogen-bond acceptors (Lipinski definition) is 2. The molecule has 1 aliphatic heterocycles. The van der Waals surface area contributed by atoms with Crippen LogP contribution < -0.4 is 5.32 Å². The fourth-order valence-electron chi connectivity index (χ4n) is 2.67. The van der Waals surface area contributed by atoms with Crippen LogP contribution >= 0.6 is 0 Å². The number of benzene rings is 1. The fourth-order valence-corrected chi connectivity index (χ4v) is 4.00. The standard InChI is InChI=1S/C16H25NOS/c1-11(2)13-7-8-16-14(10-13)15(17-12(3)4)6-5-9-19(16)18/h7-8,10-12,15,17H,5-6,9H2,1-4H3. The van der Waals surface area contributed by atoms with Crippen LogP contribution in [0.1, 0.15) is 63.6 Å². The second-order valence-electron chi connectivity index (χ2n) is 6.02. The van der Waals surface area contributed by atoms with Gasteiger partial charge in [0.1, 0.15) is 0 Å². The average molecular weight is 279 g/mol. The van der Waals surface area contributed by atoms with Crippen LogP contribution in [0.5, 0.6) is 0 Å². The Bertz CT molecular complexity index is 468. The molecule has 3 heteroatoms. The lowest BCUT2D eigenvalue weighted by atomic mass is 9.95. The number of fused-ring (bicyclic) bond motifs is 1. The topological polar surface area (TPSA) is 29.1 Å². The van der Waals surface area contributed by atoms with Crippen molar-refractivity contribution in [2.75, 3.05) is 5.75 Å². The minimum Gasteiger partial charge on any atom is -0.308 e. The quantitative estimate of drug-likeness (QED) is 0.913. The third-order valence-corrected chi connectivity index (χ3v) is 5.20. The molecule has 1 heterocycles. The van der Waals surface area contributed by atoms with Crippen LogP contribution in [-0.2, 0) is 10.8 Å². The Morgan fingerprint density at radius 1 is 1.26 bits per heavy atom. The van der Waals surface area contributed by atoms with Crippen molar-refractivity contribution >= 4 is 10.8 Å². The molecule has 2 nitrogen and oxygen atoms in total. The third-order valence-electron chi connectivity index (χ3n) is 3.68. The highest BCUT2D eigenvalue weighted by molar-refractivity contribution is 7.85. The van der Waals surface area contributed by atoms with E-state index in [1.165, 1.54) is 11.1 Å². The van der Waals surface area contributed by atoms with Gasteiger partial charge in [0.25, 0.3) is 0 Å². The van der Waals surface area contributed by atoms with Crippen LogP contribution in [0.25, 0.3) is 0 Å². The largest absolute Gasteiger partial charge is 0.308 e. The molecule has 0 aromatic heterocycles. The first-order valence-electron chi connectivity index (χ1n) is 7.27. The van der Waals surface area contributed by atoms with Gasteiger partial charge in [-0.05, 0) is 36.0 Å². The Labute approximate surface area is 119 Å². The van der Waals surface area contributed by atoms with Gasteiger partial charge in [0.15, 0.2) is 0 Å². The molecule has 1 N–H and O–H groups in total. The molecule has 0 bridgehead atoms. The molecule has 2 atom stereocenters. The molecule has 1 aromatic carbocycles. The normalized spacial score (nSPS) is 23.5. The monoisotopic (exact) mass is 279 g/mol. The highest BCUT2D eigenvalue weighted by Crippen LogP contribution is 2.32. The zero-order valence-corrected chi connectivity index (χ0v) is 13.2. The molecule has 0 amide bonds. The van der Waals surface area contributed by atoms with Crippen LogP contribution in [0.4, 0.5) is 0 Å². The molecule has 0 saturated heterocycles. The average Bonchev–Trinajstić information content (AvgIpc) is 2.49. The summed E-state index contributed by atoms with van der Waals surface area (Å²) in [6.07, 6.45) is 2.11. The lowest BCUT2D eigenvalue weighted by Gasteiger charge is -2.22. The first-order chi connectivity index (χ1) is 8.99. The molecule has 1 aromatic rings. The van der Waals surface area contributed by atoms with Crippen LogP contribution in [-0.4, -0.2) is 16.0 Å². The number of nitrogens with one attached hydrogen (secondary N) is 1. The summed E-state index contributed by atoms with van der Waals surface area (Å²) < 4.78 is 12.3. The first kappa shape index (κ1) is 14.7. The number of rotatable bonds is 3. The van der Waals surface area contributed by atoms with Crippen molar-refractivity contribution in [3.05, 3.63) is 29.3 Å². The molecule has 106 valence electrons. The SMILES string of the molecule is CC(C)NC1CCCS(=O)c2ccc(C(C)C)cc21. The maximum absolute atomic E-state index is 12.3. The summed E-state index contributed by atoms with van der Waals surface area (Å²) in [5.41, 5.74) is 2.60. The Morgan fingerprint density at radius 2 is 2.00 bits per heavy atom. The summed E-state index contributed by atoms with van der Waals surface area (Å²) in [6, 6.07) is 7.29. The van der Waals surface area contributed by atoms with Crippen molar-refractivity contribution in [1.29, 1.82) is 0 Å². The van der Waals surface area contributed by atoms with Crippen LogP contribution in [0.3, 0.4) is 0 Å². The van der Waals surface area contributed by atoms with Crippen molar-refractivity contribution in [1.82, 2.24) is 5.32 Å². The molecule has 19 heavy (non-hydrogen) atoms. The van der Waals surface area contributed by atoms with Gasteiger partial charge >= 0.3 is 0 Å². The van der Waals surface area contributed by atoms with Crippen molar-refractivity contribution in [2.24, 2.45) is 0 Å². The lowest BCUT2D eigenvalue weighted by molar-refractivity contribution is 0.447. The van der Waals surface area contributed by atoms with E-state index in [9.17, 15) is 4.21 Å². The molecule has 1 aliphatic rings. The maximum Gasteiger partial charge on any atom is 0.0532 e. The minimum absolute atomic E-state index is 0.347. The predicted octanol–water partition coefficient (Wildman–Crippen LogP) is 3.75. The highest BCUT2D eigenvalue weighted by atomic mass is 32.2. The van der Waals surface area contributed by atoms with E-state index < -0.39 is 10.8 Å². The smallest absolute Gasteiger partial charge is 0.0532 e. The van der Waals surface area contributed by atoms with E-state index >= 15 is 0 Å². The first-order valence-corrected chi connectivity index (χ1v) is 8.59. The zero-order chi connectivity index (χ0) is 14.0. The fraction of sp³-hybridized carbons (Fsp3) is 0.625. The zero-order valence-electron chi connectivity index (χ0n) is 12.4. The molecule has 0 saturated carbocycles. The van der Waals surface area contributed by atoms with Crippen LogP contribution in [0.15, 0.2) is 23.1 Å².